The molecule has 2 unspecified atom stereocenters. The fourth-order valence-corrected chi connectivity index (χ4v) is 5.39. The van der Waals surface area contributed by atoms with E-state index in [9.17, 15) is 4.39 Å². The van der Waals surface area contributed by atoms with Crippen molar-refractivity contribution < 1.29 is 4.39 Å². The van der Waals surface area contributed by atoms with Gasteiger partial charge in [0.15, 0.2) is 0 Å². The monoisotopic (exact) mass is 378 g/mol. The van der Waals surface area contributed by atoms with Crippen molar-refractivity contribution in [2.24, 2.45) is 7.05 Å². The Morgan fingerprint density at radius 2 is 2.00 bits per heavy atom. The SMILES string of the molecule is CN(C)C1CN([C@H]2CCc3cccc(F)c32)CC1c1cn(C)c2cccnc12. The molecule has 146 valence electrons. The first-order valence-corrected chi connectivity index (χ1v) is 10.1. The van der Waals surface area contributed by atoms with Crippen LogP contribution in [0.2, 0.25) is 0 Å². The van der Waals surface area contributed by atoms with E-state index >= 15 is 0 Å². The van der Waals surface area contributed by atoms with E-state index < -0.39 is 0 Å². The van der Waals surface area contributed by atoms with E-state index in [0.717, 1.165) is 37.0 Å². The van der Waals surface area contributed by atoms with Gasteiger partial charge >= 0.3 is 0 Å². The first-order valence-electron chi connectivity index (χ1n) is 10.1. The third-order valence-electron chi connectivity index (χ3n) is 6.76. The maximum atomic E-state index is 14.6. The van der Waals surface area contributed by atoms with Gasteiger partial charge in [0.25, 0.3) is 0 Å². The largest absolute Gasteiger partial charge is 0.349 e. The summed E-state index contributed by atoms with van der Waals surface area (Å²) in [6, 6.07) is 10.2. The fourth-order valence-electron chi connectivity index (χ4n) is 5.39. The lowest BCUT2D eigenvalue weighted by atomic mass is 9.95. The summed E-state index contributed by atoms with van der Waals surface area (Å²) in [5, 5.41) is 0. The van der Waals surface area contributed by atoms with Crippen LogP contribution >= 0.6 is 0 Å². The van der Waals surface area contributed by atoms with Gasteiger partial charge in [-0.05, 0) is 50.7 Å². The summed E-state index contributed by atoms with van der Waals surface area (Å²) >= 11 is 0. The van der Waals surface area contributed by atoms with E-state index in [0.29, 0.717) is 12.0 Å². The third-order valence-corrected chi connectivity index (χ3v) is 6.76. The zero-order chi connectivity index (χ0) is 19.4. The molecule has 3 heterocycles. The van der Waals surface area contributed by atoms with E-state index in [1.165, 1.54) is 16.6 Å². The maximum Gasteiger partial charge on any atom is 0.128 e. The number of rotatable bonds is 3. The number of fused-ring (bicyclic) bond motifs is 2. The second-order valence-electron chi connectivity index (χ2n) is 8.52. The van der Waals surface area contributed by atoms with Gasteiger partial charge in [-0.2, -0.15) is 0 Å². The second kappa shape index (κ2) is 6.68. The fraction of sp³-hybridized carbons (Fsp3) is 0.435. The molecule has 0 bridgehead atoms. The van der Waals surface area contributed by atoms with Crippen molar-refractivity contribution in [3.8, 4) is 0 Å². The highest BCUT2D eigenvalue weighted by atomic mass is 19.1. The molecule has 4 nitrogen and oxygen atoms in total. The van der Waals surface area contributed by atoms with Crippen molar-refractivity contribution >= 4 is 11.0 Å². The number of likely N-dealkylation sites (N-methyl/N-ethyl adjacent to an activating group) is 1. The summed E-state index contributed by atoms with van der Waals surface area (Å²) in [7, 11) is 6.40. The van der Waals surface area contributed by atoms with Gasteiger partial charge in [0, 0.05) is 61.7 Å². The number of pyridine rings is 1. The van der Waals surface area contributed by atoms with E-state index in [4.69, 9.17) is 4.98 Å². The van der Waals surface area contributed by atoms with Gasteiger partial charge in [-0.1, -0.05) is 12.1 Å². The summed E-state index contributed by atoms with van der Waals surface area (Å²) in [6.07, 6.45) is 6.11. The van der Waals surface area contributed by atoms with Crippen LogP contribution in [0.1, 0.15) is 35.1 Å². The molecular weight excluding hydrogens is 351 g/mol. The molecule has 5 rings (SSSR count). The smallest absolute Gasteiger partial charge is 0.128 e. The topological polar surface area (TPSA) is 24.3 Å². The molecule has 2 aromatic heterocycles. The Balaban J connectivity index is 1.52. The Labute approximate surface area is 165 Å². The van der Waals surface area contributed by atoms with Gasteiger partial charge in [-0.15, -0.1) is 0 Å². The van der Waals surface area contributed by atoms with Crippen LogP contribution in [0.5, 0.6) is 0 Å². The predicted octanol–water partition coefficient (Wildman–Crippen LogP) is 3.73. The first kappa shape index (κ1) is 17.8. The molecule has 3 aromatic rings. The van der Waals surface area contributed by atoms with Gasteiger partial charge in [-0.3, -0.25) is 9.88 Å². The molecule has 2 aliphatic rings. The first-order chi connectivity index (χ1) is 13.5. The molecule has 0 radical (unpaired) electrons. The average molecular weight is 378 g/mol. The molecule has 0 amide bonds. The highest BCUT2D eigenvalue weighted by Gasteiger charge is 2.42. The van der Waals surface area contributed by atoms with Crippen LogP contribution in [-0.2, 0) is 13.5 Å². The van der Waals surface area contributed by atoms with Crippen LogP contribution < -0.4 is 0 Å². The highest BCUT2D eigenvalue weighted by molar-refractivity contribution is 5.80. The van der Waals surface area contributed by atoms with Crippen molar-refractivity contribution in [3.63, 3.8) is 0 Å². The Kier molecular flexibility index (Phi) is 4.25. The zero-order valence-corrected chi connectivity index (χ0v) is 16.8. The lowest BCUT2D eigenvalue weighted by Crippen LogP contribution is -2.35. The number of hydrogen-bond acceptors (Lipinski definition) is 3. The second-order valence-corrected chi connectivity index (χ2v) is 8.52. The quantitative estimate of drug-likeness (QED) is 0.694. The highest BCUT2D eigenvalue weighted by Crippen LogP contribution is 2.43. The molecule has 1 saturated heterocycles. The van der Waals surface area contributed by atoms with Crippen LogP contribution in [0.3, 0.4) is 0 Å². The number of benzene rings is 1. The summed E-state index contributed by atoms with van der Waals surface area (Å²) < 4.78 is 16.8. The molecular formula is C23H27FN4. The maximum absolute atomic E-state index is 14.6. The van der Waals surface area contributed by atoms with E-state index in [1.807, 2.05) is 18.3 Å². The summed E-state index contributed by atoms with van der Waals surface area (Å²) in [6.45, 7) is 1.90. The molecule has 3 atom stereocenters. The van der Waals surface area contributed by atoms with Crippen molar-refractivity contribution in [3.05, 3.63) is 65.2 Å². The summed E-state index contributed by atoms with van der Waals surface area (Å²) in [4.78, 5) is 9.52. The molecule has 1 fully saturated rings. The summed E-state index contributed by atoms with van der Waals surface area (Å²) in [5.74, 6) is 0.320. The lowest BCUT2D eigenvalue weighted by Gasteiger charge is -2.26. The Bertz CT molecular complexity index is 1020. The van der Waals surface area contributed by atoms with E-state index in [2.05, 4.69) is 53.8 Å². The van der Waals surface area contributed by atoms with Crippen molar-refractivity contribution in [2.45, 2.75) is 30.8 Å². The number of halogens is 1. The number of likely N-dealkylation sites (tertiary alicyclic amines) is 1. The van der Waals surface area contributed by atoms with Crippen LogP contribution in [-0.4, -0.2) is 52.6 Å². The zero-order valence-electron chi connectivity index (χ0n) is 16.8. The number of aromatic nitrogens is 2. The Hall–Kier alpha value is -2.24. The van der Waals surface area contributed by atoms with Crippen LogP contribution in [0, 0.1) is 5.82 Å². The third kappa shape index (κ3) is 2.68. The molecule has 5 heteroatoms. The van der Waals surface area contributed by atoms with Crippen molar-refractivity contribution in [2.75, 3.05) is 27.2 Å². The minimum atomic E-state index is -0.0447. The van der Waals surface area contributed by atoms with Crippen LogP contribution in [0.4, 0.5) is 4.39 Å². The number of hydrogen-bond donors (Lipinski definition) is 0. The molecule has 1 aliphatic carbocycles. The molecule has 1 aromatic carbocycles. The van der Waals surface area contributed by atoms with Gasteiger partial charge < -0.3 is 9.47 Å². The minimum Gasteiger partial charge on any atom is -0.349 e. The van der Waals surface area contributed by atoms with Crippen LogP contribution in [0.25, 0.3) is 11.0 Å². The Morgan fingerprint density at radius 1 is 1.14 bits per heavy atom. The van der Waals surface area contributed by atoms with Crippen LogP contribution in [0.15, 0.2) is 42.7 Å². The van der Waals surface area contributed by atoms with Gasteiger partial charge in [-0.25, -0.2) is 4.39 Å². The standard InChI is InChI=1S/C23H27FN4/c1-26(2)21-14-28(19-10-9-15-6-4-7-18(24)22(15)19)13-16(21)17-12-27(3)20-8-5-11-25-23(17)20/h4-8,11-12,16,19,21H,9-10,13-14H2,1-3H3/t16?,19-,21?/m0/s1. The van der Waals surface area contributed by atoms with E-state index in [1.54, 1.807) is 6.07 Å². The minimum absolute atomic E-state index is 0.0447. The average Bonchev–Trinajstić information content (AvgIpc) is 3.37. The summed E-state index contributed by atoms with van der Waals surface area (Å²) in [5.41, 5.74) is 5.69. The normalized spacial score (nSPS) is 25.1. The van der Waals surface area contributed by atoms with Crippen molar-refractivity contribution in [1.82, 2.24) is 19.4 Å². The molecule has 0 spiro atoms. The van der Waals surface area contributed by atoms with Crippen molar-refractivity contribution in [1.29, 1.82) is 0 Å². The molecule has 1 aliphatic heterocycles. The Morgan fingerprint density at radius 3 is 2.82 bits per heavy atom. The molecule has 0 N–H and O–H groups in total. The number of aryl methyl sites for hydroxylation is 2. The number of nitrogens with zero attached hydrogens (tertiary/aromatic N) is 4. The predicted molar refractivity (Wildman–Crippen MR) is 110 cm³/mol. The van der Waals surface area contributed by atoms with Gasteiger partial charge in [0.05, 0.1) is 11.0 Å². The van der Waals surface area contributed by atoms with Gasteiger partial charge in [0.2, 0.25) is 0 Å². The molecule has 0 saturated carbocycles. The lowest BCUT2D eigenvalue weighted by molar-refractivity contribution is 0.213. The van der Waals surface area contributed by atoms with Gasteiger partial charge in [0.1, 0.15) is 5.82 Å². The van der Waals surface area contributed by atoms with E-state index in [-0.39, 0.29) is 11.9 Å². The molecule has 28 heavy (non-hydrogen) atoms.